The van der Waals surface area contributed by atoms with Crippen LogP contribution < -0.4 is 10.6 Å². The quantitative estimate of drug-likeness (QED) is 0.627. The molecule has 0 fully saturated rings. The lowest BCUT2D eigenvalue weighted by Gasteiger charge is -2.21. The predicted molar refractivity (Wildman–Crippen MR) is 106 cm³/mol. The molecular formula is C20H21ClN4. The summed E-state index contributed by atoms with van der Waals surface area (Å²) < 4.78 is 0. The second-order valence-corrected chi connectivity index (χ2v) is 7.22. The van der Waals surface area contributed by atoms with Gasteiger partial charge in [-0.1, -0.05) is 54.1 Å². The van der Waals surface area contributed by atoms with E-state index in [-0.39, 0.29) is 5.54 Å². The second-order valence-electron chi connectivity index (χ2n) is 6.81. The molecule has 25 heavy (non-hydrogen) atoms. The molecular weight excluding hydrogens is 332 g/mol. The molecule has 1 aromatic heterocycles. The van der Waals surface area contributed by atoms with Crippen LogP contribution in [0.1, 0.15) is 20.8 Å². The van der Waals surface area contributed by atoms with Gasteiger partial charge in [-0.2, -0.15) is 4.98 Å². The number of rotatable bonds is 4. The number of nitrogens with zero attached hydrogens (tertiary/aromatic N) is 2. The van der Waals surface area contributed by atoms with Gasteiger partial charge in [-0.25, -0.2) is 4.98 Å². The Bertz CT molecular complexity index is 857. The summed E-state index contributed by atoms with van der Waals surface area (Å²) in [6, 6.07) is 19.6. The molecule has 0 bridgehead atoms. The fraction of sp³-hybridized carbons (Fsp3) is 0.200. The summed E-state index contributed by atoms with van der Waals surface area (Å²) in [5, 5.41) is 7.27. The van der Waals surface area contributed by atoms with E-state index >= 15 is 0 Å². The summed E-state index contributed by atoms with van der Waals surface area (Å²) in [6.07, 6.45) is 0. The summed E-state index contributed by atoms with van der Waals surface area (Å²) in [4.78, 5) is 9.25. The molecule has 0 saturated carbocycles. The molecule has 0 aliphatic rings. The number of benzene rings is 2. The number of anilines is 3. The van der Waals surface area contributed by atoms with Gasteiger partial charge in [-0.05, 0) is 32.9 Å². The maximum atomic E-state index is 6.26. The molecule has 128 valence electrons. The van der Waals surface area contributed by atoms with Crippen LogP contribution in [0.2, 0.25) is 5.02 Å². The Labute approximate surface area is 153 Å². The molecule has 0 radical (unpaired) electrons. The lowest BCUT2D eigenvalue weighted by Crippen LogP contribution is -2.27. The lowest BCUT2D eigenvalue weighted by atomic mass is 10.1. The summed E-state index contributed by atoms with van der Waals surface area (Å²) in [6.45, 7) is 6.23. The van der Waals surface area contributed by atoms with E-state index in [4.69, 9.17) is 11.6 Å². The minimum Gasteiger partial charge on any atom is -0.350 e. The first-order valence-electron chi connectivity index (χ1n) is 8.15. The number of hydrogen-bond acceptors (Lipinski definition) is 4. The molecule has 1 heterocycles. The first-order chi connectivity index (χ1) is 11.9. The van der Waals surface area contributed by atoms with Crippen LogP contribution in [-0.2, 0) is 0 Å². The fourth-order valence-electron chi connectivity index (χ4n) is 2.36. The molecule has 2 aromatic carbocycles. The van der Waals surface area contributed by atoms with E-state index in [9.17, 15) is 0 Å². The van der Waals surface area contributed by atoms with Crippen molar-refractivity contribution in [2.75, 3.05) is 10.6 Å². The highest BCUT2D eigenvalue weighted by molar-refractivity contribution is 6.33. The van der Waals surface area contributed by atoms with Gasteiger partial charge in [-0.3, -0.25) is 0 Å². The third-order valence-corrected chi connectivity index (χ3v) is 3.75. The van der Waals surface area contributed by atoms with Gasteiger partial charge in [0.15, 0.2) is 0 Å². The van der Waals surface area contributed by atoms with Gasteiger partial charge in [0, 0.05) is 17.2 Å². The summed E-state index contributed by atoms with van der Waals surface area (Å²) in [5.74, 6) is 1.26. The monoisotopic (exact) mass is 352 g/mol. The Kier molecular flexibility index (Phi) is 4.91. The van der Waals surface area contributed by atoms with Gasteiger partial charge in [0.2, 0.25) is 5.95 Å². The first kappa shape index (κ1) is 17.2. The van der Waals surface area contributed by atoms with Crippen LogP contribution in [0.4, 0.5) is 17.5 Å². The van der Waals surface area contributed by atoms with Crippen LogP contribution in [0.5, 0.6) is 0 Å². The van der Waals surface area contributed by atoms with Crippen molar-refractivity contribution in [3.63, 3.8) is 0 Å². The topological polar surface area (TPSA) is 49.8 Å². The average Bonchev–Trinajstić information content (AvgIpc) is 2.56. The van der Waals surface area contributed by atoms with Crippen molar-refractivity contribution in [2.24, 2.45) is 0 Å². The van der Waals surface area contributed by atoms with Gasteiger partial charge in [-0.15, -0.1) is 0 Å². The van der Waals surface area contributed by atoms with Crippen molar-refractivity contribution in [1.82, 2.24) is 9.97 Å². The maximum absolute atomic E-state index is 6.26. The number of para-hydroxylation sites is 1. The van der Waals surface area contributed by atoms with E-state index in [2.05, 4.69) is 41.4 Å². The van der Waals surface area contributed by atoms with Crippen molar-refractivity contribution in [3.05, 3.63) is 65.7 Å². The lowest BCUT2D eigenvalue weighted by molar-refractivity contribution is 0.626. The van der Waals surface area contributed by atoms with Gasteiger partial charge in [0.05, 0.1) is 16.4 Å². The zero-order chi connectivity index (χ0) is 17.9. The summed E-state index contributed by atoms with van der Waals surface area (Å²) in [5.41, 5.74) is 2.54. The Balaban J connectivity index is 2.02. The van der Waals surface area contributed by atoms with Crippen LogP contribution in [-0.4, -0.2) is 15.5 Å². The minimum atomic E-state index is -0.142. The SMILES string of the molecule is CC(C)(C)Nc1nc(Nc2ccccc2Cl)cc(-c2ccccc2)n1. The van der Waals surface area contributed by atoms with E-state index in [1.165, 1.54) is 0 Å². The number of halogens is 1. The maximum Gasteiger partial charge on any atom is 0.225 e. The van der Waals surface area contributed by atoms with Crippen molar-refractivity contribution in [1.29, 1.82) is 0 Å². The zero-order valence-corrected chi connectivity index (χ0v) is 15.3. The first-order valence-corrected chi connectivity index (χ1v) is 8.53. The highest BCUT2D eigenvalue weighted by atomic mass is 35.5. The van der Waals surface area contributed by atoms with E-state index in [0.717, 1.165) is 16.9 Å². The third-order valence-electron chi connectivity index (χ3n) is 3.42. The standard InChI is InChI=1S/C20H21ClN4/c1-20(2,3)25-19-23-17(14-9-5-4-6-10-14)13-18(24-19)22-16-12-8-7-11-15(16)21/h4-13H,1-3H3,(H2,22,23,24,25). The predicted octanol–water partition coefficient (Wildman–Crippen LogP) is 5.75. The number of nitrogens with one attached hydrogen (secondary N) is 2. The van der Waals surface area contributed by atoms with E-state index in [0.29, 0.717) is 16.8 Å². The van der Waals surface area contributed by atoms with Crippen LogP contribution in [0.25, 0.3) is 11.3 Å². The average molecular weight is 353 g/mol. The molecule has 0 unspecified atom stereocenters. The second kappa shape index (κ2) is 7.11. The molecule has 5 heteroatoms. The number of hydrogen-bond donors (Lipinski definition) is 2. The Morgan fingerprint density at radius 2 is 1.56 bits per heavy atom. The number of aromatic nitrogens is 2. The van der Waals surface area contributed by atoms with E-state index in [1.54, 1.807) is 0 Å². The molecule has 0 aliphatic carbocycles. The van der Waals surface area contributed by atoms with Gasteiger partial charge in [0.1, 0.15) is 5.82 Å². The van der Waals surface area contributed by atoms with E-state index < -0.39 is 0 Å². The third kappa shape index (κ3) is 4.70. The molecule has 0 amide bonds. The Morgan fingerprint density at radius 3 is 2.24 bits per heavy atom. The zero-order valence-electron chi connectivity index (χ0n) is 14.5. The molecule has 0 spiro atoms. The normalized spacial score (nSPS) is 11.2. The summed E-state index contributed by atoms with van der Waals surface area (Å²) >= 11 is 6.26. The molecule has 0 aliphatic heterocycles. The summed E-state index contributed by atoms with van der Waals surface area (Å²) in [7, 11) is 0. The van der Waals surface area contributed by atoms with Crippen molar-refractivity contribution in [2.45, 2.75) is 26.3 Å². The van der Waals surface area contributed by atoms with Crippen LogP contribution in [0.15, 0.2) is 60.7 Å². The highest BCUT2D eigenvalue weighted by Crippen LogP contribution is 2.27. The fourth-order valence-corrected chi connectivity index (χ4v) is 2.54. The van der Waals surface area contributed by atoms with Gasteiger partial charge < -0.3 is 10.6 Å². The van der Waals surface area contributed by atoms with Crippen molar-refractivity contribution < 1.29 is 0 Å². The van der Waals surface area contributed by atoms with Gasteiger partial charge >= 0.3 is 0 Å². The van der Waals surface area contributed by atoms with Crippen LogP contribution in [0.3, 0.4) is 0 Å². The van der Waals surface area contributed by atoms with Crippen LogP contribution in [0, 0.1) is 0 Å². The van der Waals surface area contributed by atoms with Gasteiger partial charge in [0.25, 0.3) is 0 Å². The minimum absolute atomic E-state index is 0.142. The van der Waals surface area contributed by atoms with Crippen molar-refractivity contribution >= 4 is 29.1 Å². The Morgan fingerprint density at radius 1 is 0.880 bits per heavy atom. The smallest absolute Gasteiger partial charge is 0.225 e. The van der Waals surface area contributed by atoms with E-state index in [1.807, 2.05) is 60.7 Å². The molecule has 3 rings (SSSR count). The Hall–Kier alpha value is -2.59. The molecule has 0 atom stereocenters. The van der Waals surface area contributed by atoms with Crippen molar-refractivity contribution in [3.8, 4) is 11.3 Å². The largest absolute Gasteiger partial charge is 0.350 e. The van der Waals surface area contributed by atoms with Crippen LogP contribution >= 0.6 is 11.6 Å². The molecule has 0 saturated heterocycles. The molecule has 4 nitrogen and oxygen atoms in total. The molecule has 3 aromatic rings. The molecule has 2 N–H and O–H groups in total. The highest BCUT2D eigenvalue weighted by Gasteiger charge is 2.14.